The van der Waals surface area contributed by atoms with Crippen LogP contribution in [0.2, 0.25) is 10.0 Å². The summed E-state index contributed by atoms with van der Waals surface area (Å²) in [6.45, 7) is 4.32. The minimum atomic E-state index is 0.714. The fraction of sp³-hybridized carbons (Fsp3) is 0.600. The lowest BCUT2D eigenvalue weighted by atomic mass is 9.82. The van der Waals surface area contributed by atoms with Crippen LogP contribution in [0.1, 0.15) is 38.2 Å². The Labute approximate surface area is 120 Å². The van der Waals surface area contributed by atoms with Gasteiger partial charge in [0.2, 0.25) is 0 Å². The fourth-order valence-electron chi connectivity index (χ4n) is 2.88. The van der Waals surface area contributed by atoms with E-state index in [1.165, 1.54) is 25.7 Å². The summed E-state index contributed by atoms with van der Waals surface area (Å²) in [7, 11) is 0. The van der Waals surface area contributed by atoms with E-state index in [4.69, 9.17) is 23.2 Å². The third kappa shape index (κ3) is 4.46. The average molecular weight is 286 g/mol. The van der Waals surface area contributed by atoms with Gasteiger partial charge in [-0.2, -0.15) is 0 Å². The maximum atomic E-state index is 5.98. The van der Waals surface area contributed by atoms with Gasteiger partial charge in [0.25, 0.3) is 0 Å². The van der Waals surface area contributed by atoms with Crippen molar-refractivity contribution in [2.24, 2.45) is 11.8 Å². The Morgan fingerprint density at radius 1 is 1.17 bits per heavy atom. The number of halogens is 2. The van der Waals surface area contributed by atoms with Crippen molar-refractivity contribution >= 4 is 23.2 Å². The van der Waals surface area contributed by atoms with E-state index in [1.807, 2.05) is 12.1 Å². The number of benzene rings is 1. The molecule has 1 fully saturated rings. The number of hydrogen-bond donors (Lipinski definition) is 1. The van der Waals surface area contributed by atoms with Crippen molar-refractivity contribution in [3.05, 3.63) is 33.8 Å². The first-order valence-electron chi connectivity index (χ1n) is 6.79. The Morgan fingerprint density at radius 2 is 1.89 bits per heavy atom. The van der Waals surface area contributed by atoms with Crippen molar-refractivity contribution in [2.45, 2.75) is 39.2 Å². The van der Waals surface area contributed by atoms with E-state index < -0.39 is 0 Å². The summed E-state index contributed by atoms with van der Waals surface area (Å²) < 4.78 is 0. The maximum absolute atomic E-state index is 5.98. The van der Waals surface area contributed by atoms with Crippen LogP contribution in [0, 0.1) is 11.8 Å². The van der Waals surface area contributed by atoms with E-state index in [0.29, 0.717) is 10.0 Å². The first-order valence-corrected chi connectivity index (χ1v) is 7.55. The summed E-state index contributed by atoms with van der Waals surface area (Å²) in [6.07, 6.45) is 5.52. The number of rotatable bonds is 4. The quantitative estimate of drug-likeness (QED) is 0.829. The normalized spacial score (nSPS) is 24.2. The molecule has 100 valence electrons. The van der Waals surface area contributed by atoms with E-state index in [-0.39, 0.29) is 0 Å². The molecule has 0 aliphatic heterocycles. The molecule has 1 aromatic carbocycles. The van der Waals surface area contributed by atoms with Gasteiger partial charge in [-0.05, 0) is 55.0 Å². The number of hydrogen-bond acceptors (Lipinski definition) is 1. The molecule has 0 heterocycles. The summed E-state index contributed by atoms with van der Waals surface area (Å²) in [4.78, 5) is 0. The smallest absolute Gasteiger partial charge is 0.0424 e. The van der Waals surface area contributed by atoms with Gasteiger partial charge < -0.3 is 5.32 Å². The van der Waals surface area contributed by atoms with Gasteiger partial charge >= 0.3 is 0 Å². The van der Waals surface area contributed by atoms with Crippen LogP contribution < -0.4 is 5.32 Å². The highest BCUT2D eigenvalue weighted by molar-refractivity contribution is 6.34. The zero-order chi connectivity index (χ0) is 13.0. The molecule has 0 aromatic heterocycles. The summed E-state index contributed by atoms with van der Waals surface area (Å²) in [5.74, 6) is 1.73. The Morgan fingerprint density at radius 3 is 2.56 bits per heavy atom. The third-order valence-electron chi connectivity index (χ3n) is 3.73. The molecule has 2 rings (SSSR count). The van der Waals surface area contributed by atoms with Gasteiger partial charge in [0.05, 0.1) is 0 Å². The van der Waals surface area contributed by atoms with Gasteiger partial charge in [-0.15, -0.1) is 0 Å². The molecule has 3 heteroatoms. The van der Waals surface area contributed by atoms with Gasteiger partial charge in [-0.1, -0.05) is 43.0 Å². The van der Waals surface area contributed by atoms with Crippen LogP contribution in [0.4, 0.5) is 0 Å². The molecule has 1 N–H and O–H groups in total. The third-order valence-corrected chi connectivity index (χ3v) is 4.17. The molecule has 0 spiro atoms. The summed E-state index contributed by atoms with van der Waals surface area (Å²) in [5.41, 5.74) is 1.16. The zero-order valence-corrected chi connectivity index (χ0v) is 12.4. The van der Waals surface area contributed by atoms with Crippen LogP contribution in [-0.4, -0.2) is 6.54 Å². The van der Waals surface area contributed by atoms with Crippen molar-refractivity contribution in [3.8, 4) is 0 Å². The Hall–Kier alpha value is -0.240. The average Bonchev–Trinajstić information content (AvgIpc) is 2.27. The van der Waals surface area contributed by atoms with E-state index in [2.05, 4.69) is 12.2 Å². The lowest BCUT2D eigenvalue weighted by molar-refractivity contribution is 0.274. The molecule has 2 unspecified atom stereocenters. The van der Waals surface area contributed by atoms with Gasteiger partial charge in [0.15, 0.2) is 0 Å². The Balaban J connectivity index is 1.77. The standard InChI is InChI=1S/C15H21Cl2N/c1-11-3-2-4-12(5-11)9-18-10-13-6-14(16)8-15(17)7-13/h6-8,11-12,18H,2-5,9-10H2,1H3. The first-order chi connectivity index (χ1) is 8.63. The molecular weight excluding hydrogens is 265 g/mol. The monoisotopic (exact) mass is 285 g/mol. The van der Waals surface area contributed by atoms with Crippen LogP contribution >= 0.6 is 23.2 Å². The minimum Gasteiger partial charge on any atom is -0.312 e. The number of nitrogens with one attached hydrogen (secondary N) is 1. The fourth-order valence-corrected chi connectivity index (χ4v) is 3.45. The van der Waals surface area contributed by atoms with E-state index in [0.717, 1.165) is 30.5 Å². The predicted octanol–water partition coefficient (Wildman–Crippen LogP) is 4.91. The Bertz CT molecular complexity index is 372. The molecule has 1 saturated carbocycles. The van der Waals surface area contributed by atoms with Crippen LogP contribution in [0.15, 0.2) is 18.2 Å². The van der Waals surface area contributed by atoms with E-state index >= 15 is 0 Å². The van der Waals surface area contributed by atoms with Crippen molar-refractivity contribution in [1.82, 2.24) is 5.32 Å². The van der Waals surface area contributed by atoms with Crippen LogP contribution in [0.3, 0.4) is 0 Å². The molecule has 1 nitrogen and oxygen atoms in total. The maximum Gasteiger partial charge on any atom is 0.0424 e. The zero-order valence-electron chi connectivity index (χ0n) is 10.9. The van der Waals surface area contributed by atoms with Crippen molar-refractivity contribution in [2.75, 3.05) is 6.54 Å². The molecule has 0 radical (unpaired) electrons. The van der Waals surface area contributed by atoms with Gasteiger partial charge in [0.1, 0.15) is 0 Å². The lowest BCUT2D eigenvalue weighted by Gasteiger charge is -2.26. The largest absolute Gasteiger partial charge is 0.312 e. The molecule has 18 heavy (non-hydrogen) atoms. The molecule has 0 amide bonds. The summed E-state index contributed by atoms with van der Waals surface area (Å²) in [6, 6.07) is 5.73. The topological polar surface area (TPSA) is 12.0 Å². The molecule has 0 bridgehead atoms. The lowest BCUT2D eigenvalue weighted by Crippen LogP contribution is -2.26. The van der Waals surface area contributed by atoms with Crippen molar-refractivity contribution in [3.63, 3.8) is 0 Å². The van der Waals surface area contributed by atoms with Gasteiger partial charge in [-0.3, -0.25) is 0 Å². The Kier molecular flexibility index (Phi) is 5.35. The second kappa shape index (κ2) is 6.79. The molecular formula is C15H21Cl2N. The summed E-state index contributed by atoms with van der Waals surface area (Å²) in [5, 5.41) is 4.96. The van der Waals surface area contributed by atoms with E-state index in [1.54, 1.807) is 6.07 Å². The molecule has 1 aliphatic carbocycles. The second-order valence-corrected chi connectivity index (χ2v) is 6.42. The van der Waals surface area contributed by atoms with Crippen molar-refractivity contribution < 1.29 is 0 Å². The minimum absolute atomic E-state index is 0.714. The highest BCUT2D eigenvalue weighted by Crippen LogP contribution is 2.28. The highest BCUT2D eigenvalue weighted by atomic mass is 35.5. The SMILES string of the molecule is CC1CCCC(CNCc2cc(Cl)cc(Cl)c2)C1. The summed E-state index contributed by atoms with van der Waals surface area (Å²) >= 11 is 12.0. The second-order valence-electron chi connectivity index (χ2n) is 5.55. The highest BCUT2D eigenvalue weighted by Gasteiger charge is 2.18. The first kappa shape index (κ1) is 14.2. The van der Waals surface area contributed by atoms with Crippen molar-refractivity contribution in [1.29, 1.82) is 0 Å². The molecule has 1 aromatic rings. The molecule has 2 atom stereocenters. The van der Waals surface area contributed by atoms with E-state index in [9.17, 15) is 0 Å². The molecule has 0 saturated heterocycles. The van der Waals surface area contributed by atoms with Gasteiger partial charge in [0, 0.05) is 16.6 Å². The van der Waals surface area contributed by atoms with Gasteiger partial charge in [-0.25, -0.2) is 0 Å². The van der Waals surface area contributed by atoms with Crippen LogP contribution in [0.5, 0.6) is 0 Å². The van der Waals surface area contributed by atoms with Crippen LogP contribution in [-0.2, 0) is 6.54 Å². The predicted molar refractivity (Wildman–Crippen MR) is 79.3 cm³/mol. The molecule has 1 aliphatic rings. The van der Waals surface area contributed by atoms with Crippen LogP contribution in [0.25, 0.3) is 0 Å².